The van der Waals surface area contributed by atoms with Crippen LogP contribution in [-0.4, -0.2) is 21.1 Å². The molecule has 0 saturated carbocycles. The van der Waals surface area contributed by atoms with Crippen molar-refractivity contribution in [3.63, 3.8) is 0 Å². The summed E-state index contributed by atoms with van der Waals surface area (Å²) in [5.74, 6) is 1.86. The van der Waals surface area contributed by atoms with Crippen molar-refractivity contribution in [3.05, 3.63) is 0 Å². The fourth-order valence-electron chi connectivity index (χ4n) is 0.470. The molecule has 0 spiro atoms. The van der Waals surface area contributed by atoms with E-state index in [1.54, 1.807) is 0 Å². The molecular formula is C4H3FO4S. The lowest BCUT2D eigenvalue weighted by Crippen LogP contribution is -2.05. The van der Waals surface area contributed by atoms with Gasteiger partial charge in [0.05, 0.1) is 0 Å². The Morgan fingerprint density at radius 2 is 2.30 bits per heavy atom. The fourth-order valence-corrected chi connectivity index (χ4v) is 1.20. The minimum Gasteiger partial charge on any atom is -0.244 e. The number of halogens is 1. The molecule has 4 nitrogen and oxygen atoms in total. The summed E-state index contributed by atoms with van der Waals surface area (Å²) in [5, 5.41) is 0. The van der Waals surface area contributed by atoms with Gasteiger partial charge in [0.2, 0.25) is 0 Å². The van der Waals surface area contributed by atoms with Gasteiger partial charge in [-0.15, -0.1) is 4.39 Å². The molecule has 0 bridgehead atoms. The van der Waals surface area contributed by atoms with Crippen LogP contribution in [0.4, 0.5) is 4.39 Å². The van der Waals surface area contributed by atoms with Gasteiger partial charge in [0.15, 0.2) is 6.10 Å². The highest BCUT2D eigenvalue weighted by Gasteiger charge is 2.28. The molecule has 0 radical (unpaired) electrons. The lowest BCUT2D eigenvalue weighted by atomic mass is 10.4. The second-order valence-electron chi connectivity index (χ2n) is 1.52. The summed E-state index contributed by atoms with van der Waals surface area (Å²) >= 11 is 0. The van der Waals surface area contributed by atoms with Crippen LogP contribution in [0.1, 0.15) is 0 Å². The second-order valence-corrected chi connectivity index (χ2v) is 2.76. The van der Waals surface area contributed by atoms with E-state index >= 15 is 0 Å². The first-order chi connectivity index (χ1) is 4.64. The van der Waals surface area contributed by atoms with Crippen LogP contribution >= 0.6 is 0 Å². The highest BCUT2D eigenvalue weighted by molar-refractivity contribution is 7.82. The van der Waals surface area contributed by atoms with Crippen molar-refractivity contribution < 1.29 is 21.2 Å². The molecule has 0 amide bonds. The minimum atomic E-state index is -3.89. The predicted octanol–water partition coefficient (Wildman–Crippen LogP) is -0.423. The molecule has 0 aromatic heterocycles. The summed E-state index contributed by atoms with van der Waals surface area (Å²) in [6, 6.07) is 0. The largest absolute Gasteiger partial charge is 0.401 e. The molecule has 1 aliphatic heterocycles. The SMILES string of the molecule is O=S1(=O)OCC(C#CF)O1. The molecule has 0 N–H and O–H groups in total. The molecule has 1 fully saturated rings. The summed E-state index contributed by atoms with van der Waals surface area (Å²) in [7, 11) is -3.89. The van der Waals surface area contributed by atoms with E-state index in [1.165, 1.54) is 0 Å². The molecule has 1 atom stereocenters. The van der Waals surface area contributed by atoms with Crippen LogP contribution in [0, 0.1) is 12.1 Å². The van der Waals surface area contributed by atoms with Crippen LogP contribution < -0.4 is 0 Å². The molecule has 6 heteroatoms. The zero-order chi connectivity index (χ0) is 7.61. The van der Waals surface area contributed by atoms with E-state index in [0.717, 1.165) is 6.17 Å². The average Bonchev–Trinajstić information content (AvgIpc) is 2.12. The molecule has 1 unspecified atom stereocenters. The molecule has 1 aliphatic rings. The van der Waals surface area contributed by atoms with Gasteiger partial charge < -0.3 is 0 Å². The monoisotopic (exact) mass is 166 g/mol. The van der Waals surface area contributed by atoms with E-state index in [2.05, 4.69) is 8.37 Å². The van der Waals surface area contributed by atoms with Gasteiger partial charge in [-0.2, -0.15) is 8.42 Å². The maximum absolute atomic E-state index is 11.2. The number of rotatable bonds is 0. The van der Waals surface area contributed by atoms with Crippen molar-refractivity contribution in [1.29, 1.82) is 0 Å². The molecule has 0 aromatic rings. The Kier molecular flexibility index (Phi) is 1.89. The Balaban J connectivity index is 2.66. The van der Waals surface area contributed by atoms with E-state index in [0.29, 0.717) is 0 Å². The first kappa shape index (κ1) is 7.47. The van der Waals surface area contributed by atoms with Crippen LogP contribution in [0.5, 0.6) is 0 Å². The Morgan fingerprint density at radius 3 is 2.70 bits per heavy atom. The van der Waals surface area contributed by atoms with Gasteiger partial charge in [0, 0.05) is 0 Å². The molecule has 10 heavy (non-hydrogen) atoms. The van der Waals surface area contributed by atoms with Crippen LogP contribution in [0.3, 0.4) is 0 Å². The van der Waals surface area contributed by atoms with Gasteiger partial charge in [-0.05, 0) is 5.92 Å². The number of hydrogen-bond acceptors (Lipinski definition) is 4. The van der Waals surface area contributed by atoms with Gasteiger partial charge in [-0.25, -0.2) is 8.37 Å². The third-order valence-corrected chi connectivity index (χ3v) is 1.71. The Morgan fingerprint density at radius 1 is 1.60 bits per heavy atom. The Hall–Kier alpha value is -0.640. The van der Waals surface area contributed by atoms with Crippen molar-refractivity contribution in [3.8, 4) is 12.1 Å². The first-order valence-electron chi connectivity index (χ1n) is 2.33. The highest BCUT2D eigenvalue weighted by atomic mass is 32.3. The van der Waals surface area contributed by atoms with Gasteiger partial charge in [0.1, 0.15) is 12.8 Å². The lowest BCUT2D eigenvalue weighted by Gasteiger charge is -1.89. The topological polar surface area (TPSA) is 52.6 Å². The molecule has 56 valence electrons. The quantitative estimate of drug-likeness (QED) is 0.458. The standard InChI is InChI=1S/C4H3FO4S/c5-2-1-4-3-8-10(6,7)9-4/h4H,3H2. The third-order valence-electron chi connectivity index (χ3n) is 0.813. The van der Waals surface area contributed by atoms with Crippen LogP contribution in [0.25, 0.3) is 0 Å². The highest BCUT2D eigenvalue weighted by Crippen LogP contribution is 2.11. The van der Waals surface area contributed by atoms with E-state index in [-0.39, 0.29) is 6.61 Å². The van der Waals surface area contributed by atoms with E-state index in [9.17, 15) is 12.8 Å². The van der Waals surface area contributed by atoms with Crippen LogP contribution in [-0.2, 0) is 18.8 Å². The van der Waals surface area contributed by atoms with Crippen LogP contribution in [0.2, 0.25) is 0 Å². The summed E-state index contributed by atoms with van der Waals surface area (Å²) in [6.45, 7) is -0.237. The molecule has 1 heterocycles. The van der Waals surface area contributed by atoms with E-state index in [1.807, 2.05) is 5.92 Å². The van der Waals surface area contributed by atoms with Gasteiger partial charge in [-0.3, -0.25) is 0 Å². The third kappa shape index (κ3) is 1.67. The smallest absolute Gasteiger partial charge is 0.244 e. The van der Waals surface area contributed by atoms with E-state index < -0.39 is 16.5 Å². The summed E-state index contributed by atoms with van der Waals surface area (Å²) in [6.07, 6.45) is 0.0372. The maximum atomic E-state index is 11.2. The second kappa shape index (κ2) is 2.54. The Bertz CT molecular complexity index is 271. The van der Waals surface area contributed by atoms with Crippen molar-refractivity contribution in [2.24, 2.45) is 0 Å². The molecule has 1 saturated heterocycles. The van der Waals surface area contributed by atoms with Gasteiger partial charge in [-0.1, -0.05) is 0 Å². The summed E-state index contributed by atoms with van der Waals surface area (Å²) in [5.41, 5.74) is 0. The van der Waals surface area contributed by atoms with Crippen LogP contribution in [0.15, 0.2) is 0 Å². The summed E-state index contributed by atoms with van der Waals surface area (Å²) in [4.78, 5) is 0. The van der Waals surface area contributed by atoms with Crippen molar-refractivity contribution in [2.45, 2.75) is 6.10 Å². The molecule has 1 rings (SSSR count). The normalized spacial score (nSPS) is 29.1. The molecule has 0 aromatic carbocycles. The first-order valence-corrected chi connectivity index (χ1v) is 3.66. The average molecular weight is 166 g/mol. The Labute approximate surface area is 57.3 Å². The van der Waals surface area contributed by atoms with Gasteiger partial charge >= 0.3 is 10.4 Å². The predicted molar refractivity (Wildman–Crippen MR) is 28.6 cm³/mol. The van der Waals surface area contributed by atoms with Crippen molar-refractivity contribution in [1.82, 2.24) is 0 Å². The molecular weight excluding hydrogens is 163 g/mol. The van der Waals surface area contributed by atoms with Crippen molar-refractivity contribution >= 4 is 10.4 Å². The lowest BCUT2D eigenvalue weighted by molar-refractivity contribution is 0.297. The fraction of sp³-hybridized carbons (Fsp3) is 0.500. The minimum absolute atomic E-state index is 0.237. The summed E-state index contributed by atoms with van der Waals surface area (Å²) < 4.78 is 40.0. The van der Waals surface area contributed by atoms with E-state index in [4.69, 9.17) is 0 Å². The number of hydrogen-bond donors (Lipinski definition) is 0. The maximum Gasteiger partial charge on any atom is 0.401 e. The van der Waals surface area contributed by atoms with Gasteiger partial charge in [0.25, 0.3) is 0 Å². The van der Waals surface area contributed by atoms with Crippen molar-refractivity contribution in [2.75, 3.05) is 6.61 Å². The molecule has 0 aliphatic carbocycles. The zero-order valence-corrected chi connectivity index (χ0v) is 5.52. The zero-order valence-electron chi connectivity index (χ0n) is 4.70.